The van der Waals surface area contributed by atoms with Crippen LogP contribution in [0.15, 0.2) is 23.1 Å². The maximum atomic E-state index is 12.5. The molecule has 2 heterocycles. The number of hydrogen-bond acceptors (Lipinski definition) is 5. The van der Waals surface area contributed by atoms with Crippen LogP contribution in [-0.4, -0.2) is 41.1 Å². The number of thioether (sulfide) groups is 1. The zero-order valence-electron chi connectivity index (χ0n) is 11.5. The van der Waals surface area contributed by atoms with Crippen LogP contribution in [0.5, 0.6) is 0 Å². The van der Waals surface area contributed by atoms with Crippen molar-refractivity contribution in [2.75, 3.05) is 11.5 Å². The molecule has 1 amide bonds. The van der Waals surface area contributed by atoms with Crippen LogP contribution in [0.3, 0.4) is 0 Å². The number of nitrogens with zero attached hydrogens (tertiary/aromatic N) is 1. The Balaban J connectivity index is 1.76. The second-order valence-electron chi connectivity index (χ2n) is 5.68. The van der Waals surface area contributed by atoms with Gasteiger partial charge in [-0.15, -0.1) is 0 Å². The molecule has 0 aromatic heterocycles. The summed E-state index contributed by atoms with van der Waals surface area (Å²) in [4.78, 5) is 14.7. The Kier molecular flexibility index (Phi) is 4.25. The molecule has 7 heteroatoms. The van der Waals surface area contributed by atoms with Crippen LogP contribution in [-0.2, 0) is 14.6 Å². The molecule has 114 valence electrons. The van der Waals surface area contributed by atoms with Crippen molar-refractivity contribution in [3.05, 3.63) is 23.1 Å². The molecule has 1 aliphatic carbocycles. The minimum atomic E-state index is -3.02. The van der Waals surface area contributed by atoms with Crippen molar-refractivity contribution in [2.24, 2.45) is 5.92 Å². The second-order valence-corrected chi connectivity index (χ2v) is 9.58. The van der Waals surface area contributed by atoms with E-state index in [2.05, 4.69) is 12.2 Å². The number of allylic oxidation sites excluding steroid dienone is 3. The molecule has 3 rings (SSSR count). The van der Waals surface area contributed by atoms with Gasteiger partial charge in [-0.2, -0.15) is 0 Å². The number of hydrogen-bond donors (Lipinski definition) is 0. The van der Waals surface area contributed by atoms with E-state index < -0.39 is 9.84 Å². The molecule has 2 aliphatic heterocycles. The molecule has 0 N–H and O–H groups in total. The van der Waals surface area contributed by atoms with E-state index in [0.29, 0.717) is 21.6 Å². The average molecular weight is 343 g/mol. The SMILES string of the molecule is O=C1/C(=C\[C@@H]2CC=CCC2)SC(=S)N1[C@H]1CCS(=O)(=O)C1. The molecule has 3 aliphatic rings. The first-order valence-electron chi connectivity index (χ1n) is 7.09. The summed E-state index contributed by atoms with van der Waals surface area (Å²) in [5.41, 5.74) is 0. The van der Waals surface area contributed by atoms with E-state index >= 15 is 0 Å². The molecule has 0 bridgehead atoms. The number of sulfone groups is 1. The van der Waals surface area contributed by atoms with Crippen molar-refractivity contribution in [3.63, 3.8) is 0 Å². The van der Waals surface area contributed by atoms with E-state index in [-0.39, 0.29) is 23.5 Å². The summed E-state index contributed by atoms with van der Waals surface area (Å²) in [6.45, 7) is 0. The van der Waals surface area contributed by atoms with Gasteiger partial charge in [-0.1, -0.05) is 42.2 Å². The van der Waals surface area contributed by atoms with Crippen molar-refractivity contribution >= 4 is 44.0 Å². The molecule has 0 aromatic rings. The first-order valence-corrected chi connectivity index (χ1v) is 10.1. The van der Waals surface area contributed by atoms with Crippen LogP contribution in [0.1, 0.15) is 25.7 Å². The zero-order chi connectivity index (χ0) is 15.0. The quantitative estimate of drug-likeness (QED) is 0.437. The lowest BCUT2D eigenvalue weighted by atomic mass is 9.94. The van der Waals surface area contributed by atoms with Crippen LogP contribution in [0, 0.1) is 5.92 Å². The largest absolute Gasteiger partial charge is 0.289 e. The van der Waals surface area contributed by atoms with Gasteiger partial charge in [-0.25, -0.2) is 8.42 Å². The van der Waals surface area contributed by atoms with E-state index in [1.807, 2.05) is 6.08 Å². The summed E-state index contributed by atoms with van der Waals surface area (Å²) in [5, 5.41) is 0. The summed E-state index contributed by atoms with van der Waals surface area (Å²) >= 11 is 6.60. The van der Waals surface area contributed by atoms with E-state index in [4.69, 9.17) is 12.2 Å². The highest BCUT2D eigenvalue weighted by molar-refractivity contribution is 8.26. The van der Waals surface area contributed by atoms with Gasteiger partial charge in [0, 0.05) is 0 Å². The number of thiocarbonyl (C=S) groups is 1. The fourth-order valence-corrected chi connectivity index (χ4v) is 6.14. The lowest BCUT2D eigenvalue weighted by Gasteiger charge is -2.21. The number of carbonyl (C=O) groups excluding carboxylic acids is 1. The minimum absolute atomic E-state index is 0.0406. The van der Waals surface area contributed by atoms with Crippen molar-refractivity contribution in [2.45, 2.75) is 31.7 Å². The normalized spacial score (nSPS) is 34.1. The minimum Gasteiger partial charge on any atom is -0.289 e. The standard InChI is InChI=1S/C14H17NO3S3/c16-13-12(8-10-4-2-1-3-5-10)20-14(19)15(13)11-6-7-21(17,18)9-11/h1-2,8,10-11H,3-7,9H2/b12-8+/t10-,11+/m1/s1. The molecule has 0 saturated carbocycles. The van der Waals surface area contributed by atoms with Gasteiger partial charge in [0.05, 0.1) is 22.5 Å². The fourth-order valence-electron chi connectivity index (χ4n) is 2.97. The van der Waals surface area contributed by atoms with Crippen LogP contribution >= 0.6 is 24.0 Å². The van der Waals surface area contributed by atoms with E-state index in [0.717, 1.165) is 19.3 Å². The third kappa shape index (κ3) is 3.24. The first-order chi connectivity index (χ1) is 9.96. The van der Waals surface area contributed by atoms with E-state index in [1.165, 1.54) is 16.7 Å². The van der Waals surface area contributed by atoms with Crippen LogP contribution < -0.4 is 0 Å². The Morgan fingerprint density at radius 3 is 2.76 bits per heavy atom. The van der Waals surface area contributed by atoms with Crippen molar-refractivity contribution in [3.8, 4) is 0 Å². The van der Waals surface area contributed by atoms with E-state index in [1.54, 1.807) is 0 Å². The van der Waals surface area contributed by atoms with Gasteiger partial charge >= 0.3 is 0 Å². The van der Waals surface area contributed by atoms with Crippen molar-refractivity contribution < 1.29 is 13.2 Å². The Hall–Kier alpha value is -0.660. The number of rotatable bonds is 2. The molecular formula is C14H17NO3S3. The second kappa shape index (κ2) is 5.85. The molecule has 2 saturated heterocycles. The highest BCUT2D eigenvalue weighted by Crippen LogP contribution is 2.37. The van der Waals surface area contributed by atoms with Gasteiger partial charge in [0.15, 0.2) is 9.84 Å². The van der Waals surface area contributed by atoms with Crippen LogP contribution in [0.4, 0.5) is 0 Å². The van der Waals surface area contributed by atoms with Gasteiger partial charge in [0.25, 0.3) is 5.91 Å². The Morgan fingerprint density at radius 1 is 1.33 bits per heavy atom. The van der Waals surface area contributed by atoms with Crippen molar-refractivity contribution in [1.29, 1.82) is 0 Å². The Labute approximate surface area is 134 Å². The molecule has 4 nitrogen and oxygen atoms in total. The first kappa shape index (κ1) is 15.2. The van der Waals surface area contributed by atoms with Gasteiger partial charge in [0.1, 0.15) is 4.32 Å². The van der Waals surface area contributed by atoms with E-state index in [9.17, 15) is 13.2 Å². The molecule has 0 spiro atoms. The lowest BCUT2D eigenvalue weighted by Crippen LogP contribution is -2.39. The van der Waals surface area contributed by atoms with Crippen molar-refractivity contribution in [1.82, 2.24) is 4.90 Å². The van der Waals surface area contributed by atoms with Crippen LogP contribution in [0.2, 0.25) is 0 Å². The number of amides is 1. The van der Waals surface area contributed by atoms with Gasteiger partial charge in [-0.3, -0.25) is 9.69 Å². The summed E-state index contributed by atoms with van der Waals surface area (Å²) in [6.07, 6.45) is 9.89. The summed E-state index contributed by atoms with van der Waals surface area (Å²) in [7, 11) is -3.02. The monoisotopic (exact) mass is 343 g/mol. The predicted octanol–water partition coefficient (Wildman–Crippen LogP) is 2.27. The summed E-state index contributed by atoms with van der Waals surface area (Å²) in [6, 6.07) is -0.278. The predicted molar refractivity (Wildman–Crippen MR) is 88.7 cm³/mol. The van der Waals surface area contributed by atoms with Gasteiger partial charge in [0.2, 0.25) is 0 Å². The highest BCUT2D eigenvalue weighted by atomic mass is 32.2. The average Bonchev–Trinajstić information content (AvgIpc) is 2.91. The zero-order valence-corrected chi connectivity index (χ0v) is 14.0. The molecule has 2 atom stereocenters. The molecule has 21 heavy (non-hydrogen) atoms. The lowest BCUT2D eigenvalue weighted by molar-refractivity contribution is -0.123. The molecular weight excluding hydrogens is 326 g/mol. The molecule has 0 unspecified atom stereocenters. The Bertz CT molecular complexity index is 636. The third-order valence-electron chi connectivity index (χ3n) is 4.09. The molecule has 2 fully saturated rings. The Morgan fingerprint density at radius 2 is 2.14 bits per heavy atom. The highest BCUT2D eigenvalue weighted by Gasteiger charge is 2.42. The topological polar surface area (TPSA) is 54.5 Å². The maximum absolute atomic E-state index is 12.5. The third-order valence-corrected chi connectivity index (χ3v) is 7.19. The summed E-state index contributed by atoms with van der Waals surface area (Å²) < 4.78 is 23.7. The summed E-state index contributed by atoms with van der Waals surface area (Å²) in [5.74, 6) is 0.471. The van der Waals surface area contributed by atoms with Gasteiger partial charge in [-0.05, 0) is 31.6 Å². The van der Waals surface area contributed by atoms with Gasteiger partial charge < -0.3 is 0 Å². The fraction of sp³-hybridized carbons (Fsp3) is 0.571. The number of carbonyl (C=O) groups is 1. The molecule has 0 aromatic carbocycles. The van der Waals surface area contributed by atoms with Crippen LogP contribution in [0.25, 0.3) is 0 Å². The molecule has 0 radical (unpaired) electrons. The smallest absolute Gasteiger partial charge is 0.266 e. The maximum Gasteiger partial charge on any atom is 0.266 e.